The van der Waals surface area contributed by atoms with Crippen molar-refractivity contribution in [3.05, 3.63) is 12.2 Å². The fourth-order valence-electron chi connectivity index (χ4n) is 2.87. The molecule has 5 heteroatoms. The van der Waals surface area contributed by atoms with Crippen LogP contribution in [0.2, 0.25) is 0 Å². The molecule has 0 spiro atoms. The summed E-state index contributed by atoms with van der Waals surface area (Å²) in [5.74, 6) is 3.63. The van der Waals surface area contributed by atoms with E-state index < -0.39 is 0 Å². The zero-order chi connectivity index (χ0) is 11.5. The Hall–Kier alpha value is -0.550. The zero-order valence-corrected chi connectivity index (χ0v) is 11.0. The number of hydrogen-bond acceptors (Lipinski definition) is 4. The van der Waals surface area contributed by atoms with Crippen LogP contribution >= 0.6 is 11.8 Å². The van der Waals surface area contributed by atoms with Crippen LogP contribution in [-0.4, -0.2) is 38.9 Å². The average Bonchev–Trinajstić information content (AvgIpc) is 3.00. The van der Waals surface area contributed by atoms with E-state index in [-0.39, 0.29) is 0 Å². The number of nitrogens with one attached hydrogen (secondary N) is 1. The molecular weight excluding hydrogens is 232 g/mol. The van der Waals surface area contributed by atoms with Gasteiger partial charge in [-0.3, -0.25) is 0 Å². The summed E-state index contributed by atoms with van der Waals surface area (Å²) in [5.41, 5.74) is 0. The summed E-state index contributed by atoms with van der Waals surface area (Å²) in [5, 5.41) is 12.0. The fourth-order valence-corrected chi connectivity index (χ4v) is 3.82. The first-order chi connectivity index (χ1) is 8.43. The predicted molar refractivity (Wildman–Crippen MR) is 70.3 cm³/mol. The molecule has 2 fully saturated rings. The molecule has 1 aromatic heterocycles. The minimum Gasteiger partial charge on any atom is -0.314 e. The monoisotopic (exact) mass is 252 g/mol. The lowest BCUT2D eigenvalue weighted by atomic mass is 10.2. The fraction of sp³-hybridized carbons (Fsp3) is 0.833. The summed E-state index contributed by atoms with van der Waals surface area (Å²) in [6.07, 6.45) is 8.29. The number of nitrogens with zero attached hydrogens (tertiary/aromatic N) is 3. The van der Waals surface area contributed by atoms with Crippen molar-refractivity contribution in [1.29, 1.82) is 0 Å². The maximum atomic E-state index is 4.32. The van der Waals surface area contributed by atoms with Crippen molar-refractivity contribution < 1.29 is 0 Å². The van der Waals surface area contributed by atoms with Crippen molar-refractivity contribution in [3.8, 4) is 0 Å². The molecule has 1 aliphatic carbocycles. The molecule has 1 atom stereocenters. The third-order valence-corrected chi connectivity index (χ3v) is 4.92. The van der Waals surface area contributed by atoms with E-state index in [4.69, 9.17) is 0 Å². The highest BCUT2D eigenvalue weighted by Crippen LogP contribution is 2.30. The molecule has 0 amide bonds. The van der Waals surface area contributed by atoms with Gasteiger partial charge in [0.25, 0.3) is 0 Å². The van der Waals surface area contributed by atoms with Gasteiger partial charge < -0.3 is 9.88 Å². The van der Waals surface area contributed by atoms with Crippen LogP contribution in [0.25, 0.3) is 0 Å². The van der Waals surface area contributed by atoms with Crippen LogP contribution in [0, 0.1) is 0 Å². The van der Waals surface area contributed by atoms with E-state index in [1.807, 2.05) is 18.1 Å². The van der Waals surface area contributed by atoms with Crippen molar-refractivity contribution in [1.82, 2.24) is 20.1 Å². The Morgan fingerprint density at radius 1 is 1.41 bits per heavy atom. The molecule has 0 aromatic carbocycles. The van der Waals surface area contributed by atoms with Crippen LogP contribution < -0.4 is 5.32 Å². The molecule has 1 saturated carbocycles. The second-order valence-corrected chi connectivity index (χ2v) is 6.17. The summed E-state index contributed by atoms with van der Waals surface area (Å²) < 4.78 is 2.33. The molecule has 1 aromatic rings. The molecule has 3 rings (SSSR count). The van der Waals surface area contributed by atoms with Gasteiger partial charge in [-0.2, -0.15) is 11.8 Å². The van der Waals surface area contributed by atoms with E-state index in [0.29, 0.717) is 12.1 Å². The first kappa shape index (κ1) is 11.5. The first-order valence-electron chi connectivity index (χ1n) is 6.63. The van der Waals surface area contributed by atoms with Crippen LogP contribution in [0.15, 0.2) is 6.33 Å². The van der Waals surface area contributed by atoms with Crippen LogP contribution in [0.3, 0.4) is 0 Å². The lowest BCUT2D eigenvalue weighted by Gasteiger charge is -2.23. The van der Waals surface area contributed by atoms with Gasteiger partial charge in [0.15, 0.2) is 0 Å². The van der Waals surface area contributed by atoms with Crippen LogP contribution in [-0.2, 0) is 6.42 Å². The molecule has 1 aliphatic heterocycles. The number of aromatic nitrogens is 3. The van der Waals surface area contributed by atoms with E-state index in [0.717, 1.165) is 13.0 Å². The highest BCUT2D eigenvalue weighted by atomic mass is 32.2. The Morgan fingerprint density at radius 2 is 2.29 bits per heavy atom. The van der Waals surface area contributed by atoms with Gasteiger partial charge in [0.05, 0.1) is 0 Å². The van der Waals surface area contributed by atoms with E-state index in [1.165, 1.54) is 43.0 Å². The van der Waals surface area contributed by atoms with E-state index in [9.17, 15) is 0 Å². The molecule has 1 unspecified atom stereocenters. The highest BCUT2D eigenvalue weighted by molar-refractivity contribution is 7.99. The van der Waals surface area contributed by atoms with E-state index >= 15 is 0 Å². The molecule has 2 heterocycles. The summed E-state index contributed by atoms with van der Waals surface area (Å²) >= 11 is 2.04. The summed E-state index contributed by atoms with van der Waals surface area (Å²) in [6.45, 7) is 1.13. The van der Waals surface area contributed by atoms with Gasteiger partial charge in [-0.05, 0) is 12.8 Å². The minimum atomic E-state index is 0.582. The third kappa shape index (κ3) is 2.65. The lowest BCUT2D eigenvalue weighted by Crippen LogP contribution is -2.39. The molecule has 1 saturated heterocycles. The quantitative estimate of drug-likeness (QED) is 0.888. The predicted octanol–water partition coefficient (Wildman–Crippen LogP) is 1.64. The Labute approximate surface area is 107 Å². The Balaban J connectivity index is 1.67. The molecular formula is C12H20N4S. The summed E-state index contributed by atoms with van der Waals surface area (Å²) in [4.78, 5) is 0. The molecule has 4 nitrogen and oxygen atoms in total. The normalized spacial score (nSPS) is 26.5. The van der Waals surface area contributed by atoms with Gasteiger partial charge in [0, 0.05) is 36.6 Å². The van der Waals surface area contributed by atoms with Crippen molar-refractivity contribution in [2.45, 2.75) is 44.2 Å². The molecule has 17 heavy (non-hydrogen) atoms. The van der Waals surface area contributed by atoms with Crippen molar-refractivity contribution in [2.75, 3.05) is 18.1 Å². The van der Waals surface area contributed by atoms with Crippen LogP contribution in [0.4, 0.5) is 0 Å². The van der Waals surface area contributed by atoms with Gasteiger partial charge >= 0.3 is 0 Å². The van der Waals surface area contributed by atoms with Crippen molar-refractivity contribution >= 4 is 11.8 Å². The molecule has 1 N–H and O–H groups in total. The standard InChI is InChI=1S/C12H20N4S/c1-2-4-11(3-1)16-9-14-15-12(16)7-10-8-17-6-5-13-10/h9-11,13H,1-8H2. The highest BCUT2D eigenvalue weighted by Gasteiger charge is 2.22. The Bertz CT molecular complexity index is 353. The number of hydrogen-bond donors (Lipinski definition) is 1. The molecule has 2 aliphatic rings. The number of thioether (sulfide) groups is 1. The first-order valence-corrected chi connectivity index (χ1v) is 7.78. The largest absolute Gasteiger partial charge is 0.314 e. The molecule has 0 bridgehead atoms. The maximum Gasteiger partial charge on any atom is 0.134 e. The van der Waals surface area contributed by atoms with Crippen molar-refractivity contribution in [2.24, 2.45) is 0 Å². The third-order valence-electron chi connectivity index (χ3n) is 3.79. The van der Waals surface area contributed by atoms with Gasteiger partial charge in [0.1, 0.15) is 12.2 Å². The summed E-state index contributed by atoms with van der Waals surface area (Å²) in [6, 6.07) is 1.24. The van der Waals surface area contributed by atoms with Gasteiger partial charge in [-0.15, -0.1) is 10.2 Å². The second kappa shape index (κ2) is 5.40. The zero-order valence-electron chi connectivity index (χ0n) is 10.1. The molecule has 94 valence electrons. The SMILES string of the molecule is c1nnc(CC2CSCCN2)n1C1CCCC1. The molecule has 0 radical (unpaired) electrons. The van der Waals surface area contributed by atoms with Gasteiger partial charge in [0.2, 0.25) is 0 Å². The topological polar surface area (TPSA) is 42.7 Å². The summed E-state index contributed by atoms with van der Waals surface area (Å²) in [7, 11) is 0. The average molecular weight is 252 g/mol. The minimum absolute atomic E-state index is 0.582. The number of rotatable bonds is 3. The van der Waals surface area contributed by atoms with E-state index in [1.54, 1.807) is 0 Å². The van der Waals surface area contributed by atoms with Gasteiger partial charge in [-0.1, -0.05) is 12.8 Å². The van der Waals surface area contributed by atoms with Crippen LogP contribution in [0.1, 0.15) is 37.5 Å². The smallest absolute Gasteiger partial charge is 0.134 e. The maximum absolute atomic E-state index is 4.32. The van der Waals surface area contributed by atoms with E-state index in [2.05, 4.69) is 20.1 Å². The van der Waals surface area contributed by atoms with Crippen LogP contribution in [0.5, 0.6) is 0 Å². The lowest BCUT2D eigenvalue weighted by molar-refractivity contribution is 0.472. The van der Waals surface area contributed by atoms with Crippen molar-refractivity contribution in [3.63, 3.8) is 0 Å². The van der Waals surface area contributed by atoms with Gasteiger partial charge in [-0.25, -0.2) is 0 Å². The Kier molecular flexibility index (Phi) is 3.66. The Morgan fingerprint density at radius 3 is 3.06 bits per heavy atom. The second-order valence-electron chi connectivity index (χ2n) is 5.02.